The first kappa shape index (κ1) is 19.2. The van der Waals surface area contributed by atoms with Crippen molar-refractivity contribution in [3.8, 4) is 0 Å². The average Bonchev–Trinajstić information content (AvgIpc) is 2.60. The summed E-state index contributed by atoms with van der Waals surface area (Å²) < 4.78 is 0. The van der Waals surface area contributed by atoms with Crippen molar-refractivity contribution in [2.24, 2.45) is 10.7 Å². The number of hydrogen-bond acceptors (Lipinski definition) is 3. The highest BCUT2D eigenvalue weighted by Crippen LogP contribution is 2.27. The quantitative estimate of drug-likeness (QED) is 0.241. The summed E-state index contributed by atoms with van der Waals surface area (Å²) in [7, 11) is 0. The number of nitro groups is 1. The first-order valence-electron chi connectivity index (χ1n) is 8.04. The largest absolute Gasteiger partial charge is 0.370 e. The van der Waals surface area contributed by atoms with E-state index >= 15 is 0 Å². The fourth-order valence-corrected chi connectivity index (χ4v) is 3.02. The van der Waals surface area contributed by atoms with Crippen LogP contribution in [0.25, 0.3) is 0 Å². The number of rotatable bonds is 4. The van der Waals surface area contributed by atoms with Gasteiger partial charge in [-0.15, -0.1) is 24.0 Å². The maximum absolute atomic E-state index is 10.8. The number of hydrogen-bond donors (Lipinski definition) is 2. The number of non-ortho nitro benzene ring substituents is 1. The molecule has 1 aliphatic carbocycles. The van der Waals surface area contributed by atoms with E-state index in [1.54, 1.807) is 12.1 Å². The van der Waals surface area contributed by atoms with Crippen molar-refractivity contribution in [1.29, 1.82) is 0 Å². The topological polar surface area (TPSA) is 93.5 Å². The smallest absolute Gasteiger partial charge is 0.269 e. The fraction of sp³-hybridized carbons (Fsp3) is 0.278. The van der Waals surface area contributed by atoms with Crippen molar-refractivity contribution < 1.29 is 4.92 Å². The molecule has 3 N–H and O–H groups in total. The number of aryl methyl sites for hydroxylation is 1. The van der Waals surface area contributed by atoms with E-state index in [1.165, 1.54) is 36.1 Å². The van der Waals surface area contributed by atoms with Crippen LogP contribution in [0.15, 0.2) is 47.5 Å². The second kappa shape index (κ2) is 8.80. The zero-order valence-corrected chi connectivity index (χ0v) is 16.1. The molecule has 0 unspecified atom stereocenters. The number of halogens is 1. The molecule has 0 amide bonds. The molecule has 0 heterocycles. The zero-order chi connectivity index (χ0) is 16.9. The van der Waals surface area contributed by atoms with Crippen LogP contribution in [-0.4, -0.2) is 10.9 Å². The van der Waals surface area contributed by atoms with Crippen molar-refractivity contribution in [2.75, 3.05) is 5.32 Å². The SMILES string of the molecule is I.NC(=NCc1cccc([N+](=O)[O-])c1)Nc1cccc2c1CCCC2. The molecule has 2 aromatic rings. The van der Waals surface area contributed by atoms with Crippen molar-refractivity contribution in [3.05, 3.63) is 69.3 Å². The number of nitrogens with zero attached hydrogens (tertiary/aromatic N) is 2. The van der Waals surface area contributed by atoms with E-state index < -0.39 is 4.92 Å². The van der Waals surface area contributed by atoms with E-state index in [1.807, 2.05) is 12.1 Å². The highest BCUT2D eigenvalue weighted by molar-refractivity contribution is 14.0. The van der Waals surface area contributed by atoms with Gasteiger partial charge in [-0.1, -0.05) is 24.3 Å². The molecule has 0 bridgehead atoms. The maximum Gasteiger partial charge on any atom is 0.269 e. The molecule has 0 atom stereocenters. The molecule has 0 saturated heterocycles. The molecule has 0 saturated carbocycles. The van der Waals surface area contributed by atoms with Crippen LogP contribution in [0.2, 0.25) is 0 Å². The van der Waals surface area contributed by atoms with Crippen molar-refractivity contribution in [2.45, 2.75) is 32.2 Å². The lowest BCUT2D eigenvalue weighted by Gasteiger charge is -2.19. The van der Waals surface area contributed by atoms with Gasteiger partial charge in [0.15, 0.2) is 5.96 Å². The first-order valence-corrected chi connectivity index (χ1v) is 8.04. The van der Waals surface area contributed by atoms with Gasteiger partial charge < -0.3 is 11.1 Å². The Hall–Kier alpha value is -2.16. The number of guanidine groups is 1. The molecule has 6 nitrogen and oxygen atoms in total. The first-order chi connectivity index (χ1) is 11.6. The number of aliphatic imine (C=N–C) groups is 1. The molecule has 2 aromatic carbocycles. The molecule has 1 aliphatic rings. The van der Waals surface area contributed by atoms with Gasteiger partial charge in [-0.2, -0.15) is 0 Å². The Balaban J connectivity index is 0.00000225. The second-order valence-corrected chi connectivity index (χ2v) is 5.90. The summed E-state index contributed by atoms with van der Waals surface area (Å²) >= 11 is 0. The molecule has 25 heavy (non-hydrogen) atoms. The van der Waals surface area contributed by atoms with Gasteiger partial charge in [0, 0.05) is 17.8 Å². The van der Waals surface area contributed by atoms with Gasteiger partial charge in [0.05, 0.1) is 11.5 Å². The summed E-state index contributed by atoms with van der Waals surface area (Å²) in [6.45, 7) is 0.301. The zero-order valence-electron chi connectivity index (χ0n) is 13.8. The number of fused-ring (bicyclic) bond motifs is 1. The lowest BCUT2D eigenvalue weighted by molar-refractivity contribution is -0.384. The van der Waals surface area contributed by atoms with Gasteiger partial charge in [-0.3, -0.25) is 10.1 Å². The monoisotopic (exact) mass is 452 g/mol. The number of benzene rings is 2. The molecule has 0 fully saturated rings. The minimum atomic E-state index is -0.412. The standard InChI is InChI=1S/C18H20N4O2.HI/c19-18(20-12-13-5-3-8-15(11-13)22(23)24)21-17-10-4-7-14-6-1-2-9-16(14)17;/h3-5,7-8,10-11H,1-2,6,9,12H2,(H3,19,20,21);1H. The molecule has 0 radical (unpaired) electrons. The molecule has 7 heteroatoms. The van der Waals surface area contributed by atoms with Crippen molar-refractivity contribution in [1.82, 2.24) is 0 Å². The highest BCUT2D eigenvalue weighted by atomic mass is 127. The Morgan fingerprint density at radius 2 is 1.96 bits per heavy atom. The van der Waals surface area contributed by atoms with E-state index in [2.05, 4.69) is 16.4 Å². The number of nitrogens with one attached hydrogen (secondary N) is 1. The van der Waals surface area contributed by atoms with Crippen LogP contribution in [-0.2, 0) is 19.4 Å². The Morgan fingerprint density at radius 3 is 2.76 bits per heavy atom. The Morgan fingerprint density at radius 1 is 1.20 bits per heavy atom. The highest BCUT2D eigenvalue weighted by Gasteiger charge is 2.13. The summed E-state index contributed by atoms with van der Waals surface area (Å²) in [5.74, 6) is 0.320. The summed E-state index contributed by atoms with van der Waals surface area (Å²) in [5.41, 5.74) is 10.5. The van der Waals surface area contributed by atoms with Crippen LogP contribution in [0.4, 0.5) is 11.4 Å². The molecule has 0 aliphatic heterocycles. The van der Waals surface area contributed by atoms with Crippen LogP contribution in [0.5, 0.6) is 0 Å². The minimum Gasteiger partial charge on any atom is -0.370 e. The van der Waals surface area contributed by atoms with Gasteiger partial charge >= 0.3 is 0 Å². The van der Waals surface area contributed by atoms with Crippen LogP contribution in [0.3, 0.4) is 0 Å². The van der Waals surface area contributed by atoms with Crippen LogP contribution in [0.1, 0.15) is 29.5 Å². The van der Waals surface area contributed by atoms with Gasteiger partial charge in [0.2, 0.25) is 0 Å². The lowest BCUT2D eigenvalue weighted by Crippen LogP contribution is -2.24. The normalized spacial score (nSPS) is 13.5. The van der Waals surface area contributed by atoms with Gasteiger partial charge in [0.25, 0.3) is 5.69 Å². The Bertz CT molecular complexity index is 792. The number of anilines is 1. The molecule has 0 aromatic heterocycles. The van der Waals surface area contributed by atoms with E-state index in [0.29, 0.717) is 12.5 Å². The van der Waals surface area contributed by atoms with E-state index in [-0.39, 0.29) is 29.7 Å². The predicted octanol–water partition coefficient (Wildman–Crippen LogP) is 4.02. The third kappa shape index (κ3) is 4.91. The third-order valence-electron chi connectivity index (χ3n) is 4.21. The van der Waals surface area contributed by atoms with Crippen LogP contribution in [0, 0.1) is 10.1 Å². The number of nitrogens with two attached hydrogens (primary N) is 1. The fourth-order valence-electron chi connectivity index (χ4n) is 3.02. The van der Waals surface area contributed by atoms with Gasteiger partial charge in [-0.05, 0) is 48.4 Å². The van der Waals surface area contributed by atoms with E-state index in [0.717, 1.165) is 24.1 Å². The molecular formula is C18H21IN4O2. The second-order valence-electron chi connectivity index (χ2n) is 5.90. The summed E-state index contributed by atoms with van der Waals surface area (Å²) in [6, 6.07) is 12.6. The van der Waals surface area contributed by atoms with E-state index in [9.17, 15) is 10.1 Å². The molecule has 0 spiro atoms. The Kier molecular flexibility index (Phi) is 6.74. The summed E-state index contributed by atoms with van der Waals surface area (Å²) in [4.78, 5) is 14.7. The van der Waals surface area contributed by atoms with Crippen LogP contribution >= 0.6 is 24.0 Å². The average molecular weight is 452 g/mol. The predicted molar refractivity (Wildman–Crippen MR) is 111 cm³/mol. The van der Waals surface area contributed by atoms with Crippen LogP contribution < -0.4 is 11.1 Å². The van der Waals surface area contributed by atoms with Gasteiger partial charge in [0.1, 0.15) is 0 Å². The Labute approximate surface area is 163 Å². The number of nitro benzene ring substituents is 1. The van der Waals surface area contributed by atoms with Crippen molar-refractivity contribution >= 4 is 41.3 Å². The van der Waals surface area contributed by atoms with Gasteiger partial charge in [-0.25, -0.2) is 4.99 Å². The molecular weight excluding hydrogens is 431 g/mol. The van der Waals surface area contributed by atoms with E-state index in [4.69, 9.17) is 5.73 Å². The summed E-state index contributed by atoms with van der Waals surface area (Å²) in [6.07, 6.45) is 4.58. The van der Waals surface area contributed by atoms with Crippen molar-refractivity contribution in [3.63, 3.8) is 0 Å². The molecule has 3 rings (SSSR count). The third-order valence-corrected chi connectivity index (χ3v) is 4.21. The minimum absolute atomic E-state index is 0. The summed E-state index contributed by atoms with van der Waals surface area (Å²) in [5, 5.41) is 14.0. The molecule has 132 valence electrons. The lowest BCUT2D eigenvalue weighted by atomic mass is 9.90. The maximum atomic E-state index is 10.8.